The van der Waals surface area contributed by atoms with Gasteiger partial charge in [-0.2, -0.15) is 9.97 Å². The number of rotatable bonds is 8. The third-order valence-electron chi connectivity index (χ3n) is 20.5. The molecule has 0 N–H and O–H groups in total. The van der Waals surface area contributed by atoms with Gasteiger partial charge < -0.3 is 9.13 Å². The van der Waals surface area contributed by atoms with E-state index in [1.807, 2.05) is 24.3 Å². The van der Waals surface area contributed by atoms with Crippen LogP contribution in [0.4, 0.5) is 0 Å². The summed E-state index contributed by atoms with van der Waals surface area (Å²) in [5.74, 6) is 1.79. The van der Waals surface area contributed by atoms with E-state index in [0.29, 0.717) is 17.6 Å². The van der Waals surface area contributed by atoms with Gasteiger partial charge in [-0.1, -0.05) is 234 Å². The van der Waals surface area contributed by atoms with Gasteiger partial charge in [-0.25, -0.2) is 4.98 Å². The number of aromatic nitrogens is 6. The largest absolute Gasteiger partial charge is 0.309 e. The average molecular weight is 1190 g/mol. The Kier molecular flexibility index (Phi) is 11.4. The number of benzene rings is 13. The maximum Gasteiger partial charge on any atom is 0.238 e. The second-order valence-corrected chi connectivity index (χ2v) is 26.4. The van der Waals surface area contributed by atoms with E-state index in [0.717, 1.165) is 71.9 Å². The van der Waals surface area contributed by atoms with Crippen LogP contribution in [0.2, 0.25) is 0 Å². The number of para-hydroxylation sites is 2. The van der Waals surface area contributed by atoms with Gasteiger partial charge >= 0.3 is 0 Å². The van der Waals surface area contributed by atoms with Crippen molar-refractivity contribution in [3.05, 3.63) is 313 Å². The first kappa shape index (κ1) is 53.1. The molecule has 0 saturated carbocycles. The summed E-state index contributed by atoms with van der Waals surface area (Å²) < 4.78 is 7.17. The van der Waals surface area contributed by atoms with Gasteiger partial charge in [-0.05, 0) is 163 Å². The van der Waals surface area contributed by atoms with Crippen molar-refractivity contribution in [1.82, 2.24) is 28.7 Å². The molecule has 93 heavy (non-hydrogen) atoms. The topological polar surface area (TPSA) is 53.5 Å². The Balaban J connectivity index is 0.762. The van der Waals surface area contributed by atoms with E-state index in [2.05, 4.69) is 308 Å². The van der Waals surface area contributed by atoms with Crippen LogP contribution in [0.3, 0.4) is 0 Å². The van der Waals surface area contributed by atoms with Crippen molar-refractivity contribution in [3.63, 3.8) is 0 Å². The van der Waals surface area contributed by atoms with Crippen LogP contribution in [-0.2, 0) is 10.8 Å². The van der Waals surface area contributed by atoms with E-state index in [4.69, 9.17) is 15.0 Å². The van der Waals surface area contributed by atoms with Crippen LogP contribution in [0.5, 0.6) is 0 Å². The molecule has 4 heterocycles. The second kappa shape index (κ2) is 19.9. The van der Waals surface area contributed by atoms with Crippen LogP contribution >= 0.6 is 0 Å². The minimum atomic E-state index is -0.154. The first-order chi connectivity index (χ1) is 45.6. The van der Waals surface area contributed by atoms with E-state index < -0.39 is 0 Å². The number of hydrogen-bond donors (Lipinski definition) is 0. The molecule has 0 fully saturated rings. The van der Waals surface area contributed by atoms with Crippen LogP contribution in [0.15, 0.2) is 291 Å². The Morgan fingerprint density at radius 2 is 0.548 bits per heavy atom. The monoisotopic (exact) mass is 1190 g/mol. The summed E-state index contributed by atoms with van der Waals surface area (Å²) in [4.78, 5) is 15.7. The third-order valence-corrected chi connectivity index (χ3v) is 20.5. The molecular weight excluding hydrogens is 1130 g/mol. The highest BCUT2D eigenvalue weighted by Gasteiger charge is 2.37. The van der Waals surface area contributed by atoms with Crippen molar-refractivity contribution < 1.29 is 0 Å². The number of hydrogen-bond acceptors (Lipinski definition) is 3. The maximum absolute atomic E-state index is 5.31. The fourth-order valence-electron chi connectivity index (χ4n) is 15.9. The minimum absolute atomic E-state index is 0.108. The molecule has 6 heteroatoms. The molecule has 6 nitrogen and oxygen atoms in total. The Bertz CT molecular complexity index is 5980. The molecule has 0 unspecified atom stereocenters. The van der Waals surface area contributed by atoms with E-state index in [1.165, 1.54) is 93.9 Å². The lowest BCUT2D eigenvalue weighted by Crippen LogP contribution is -2.15. The Morgan fingerprint density at radius 3 is 1.02 bits per heavy atom. The molecule has 17 aromatic rings. The highest BCUT2D eigenvalue weighted by atomic mass is 15.2. The van der Waals surface area contributed by atoms with Crippen LogP contribution in [0, 0.1) is 0 Å². The van der Waals surface area contributed by atoms with Gasteiger partial charge in [-0.3, -0.25) is 4.57 Å². The molecule has 0 saturated heterocycles. The van der Waals surface area contributed by atoms with Crippen molar-refractivity contribution in [1.29, 1.82) is 0 Å². The Hall–Kier alpha value is -11.7. The zero-order valence-corrected chi connectivity index (χ0v) is 51.9. The molecule has 4 aromatic heterocycles. The van der Waals surface area contributed by atoms with Gasteiger partial charge in [-0.15, -0.1) is 0 Å². The van der Waals surface area contributed by atoms with E-state index in [-0.39, 0.29) is 10.8 Å². The summed E-state index contributed by atoms with van der Waals surface area (Å²) in [5.41, 5.74) is 28.3. The summed E-state index contributed by atoms with van der Waals surface area (Å²) in [6.07, 6.45) is 0. The summed E-state index contributed by atoms with van der Waals surface area (Å²) in [6, 6.07) is 107. The van der Waals surface area contributed by atoms with Gasteiger partial charge in [0, 0.05) is 65.6 Å². The molecule has 438 valence electrons. The number of fused-ring (bicyclic) bond motifs is 15. The fraction of sp³-hybridized carbons (Fsp3) is 0.0690. The first-order valence-corrected chi connectivity index (χ1v) is 32.2. The first-order valence-electron chi connectivity index (χ1n) is 32.2. The smallest absolute Gasteiger partial charge is 0.238 e. The maximum atomic E-state index is 5.31. The quantitative estimate of drug-likeness (QED) is 0.152. The molecule has 0 amide bonds. The predicted octanol–water partition coefficient (Wildman–Crippen LogP) is 22.1. The summed E-state index contributed by atoms with van der Waals surface area (Å²) in [6.45, 7) is 9.47. The lowest BCUT2D eigenvalue weighted by Gasteiger charge is -2.22. The standard InChI is InChI=1S/C87H60N6/c1-86(2)73-27-15-11-23-63(73)65-41-39-61(51-75(65)86)91-77-29-17-13-25-67(77)69-47-57(35-43-79(69)91)59-36-44-80-71(49-59)72-50-60(37-45-81(72)92(80)62-40-42-66-64-24-12-16-28-74(64)87(3,4)76(66)52-62)58-38-46-82-70(48-58)68-26-14-18-30-78(68)93(82)85-89-83(55-21-9-6-10-22-55)88-84(90-85)56-33-31-54(32-34-56)53-19-7-5-8-20-53/h5-52H,1-4H3. The molecule has 0 radical (unpaired) electrons. The number of nitrogens with zero attached hydrogens (tertiary/aromatic N) is 6. The molecule has 2 aliphatic rings. The minimum Gasteiger partial charge on any atom is -0.309 e. The molecule has 13 aromatic carbocycles. The lowest BCUT2D eigenvalue weighted by atomic mass is 9.82. The predicted molar refractivity (Wildman–Crippen MR) is 385 cm³/mol. The van der Waals surface area contributed by atoms with Crippen LogP contribution in [0.25, 0.3) is 161 Å². The lowest BCUT2D eigenvalue weighted by molar-refractivity contribution is 0.660. The molecule has 0 atom stereocenters. The van der Waals surface area contributed by atoms with Crippen molar-refractivity contribution >= 4 is 65.4 Å². The molecule has 2 aliphatic carbocycles. The van der Waals surface area contributed by atoms with Crippen molar-refractivity contribution in [2.24, 2.45) is 0 Å². The van der Waals surface area contributed by atoms with E-state index in [9.17, 15) is 0 Å². The second-order valence-electron chi connectivity index (χ2n) is 26.4. The van der Waals surface area contributed by atoms with E-state index in [1.54, 1.807) is 0 Å². The summed E-state index contributed by atoms with van der Waals surface area (Å²) >= 11 is 0. The SMILES string of the molecule is CC1(C)c2ccccc2-c2ccc(-n3c4ccccc4c4cc(-c5ccc6c(c5)c5cc(-c7ccc8c(c7)c7ccccc7n8-c7nc(-c8ccccc8)nc(-c8ccc(-c9ccccc9)cc8)n7)ccc5n6-c5ccc6c(c5)C(C)(C)c5ccccc5-6)ccc43)cc21. The van der Waals surface area contributed by atoms with Crippen LogP contribution in [-0.4, -0.2) is 28.7 Å². The van der Waals surface area contributed by atoms with Gasteiger partial charge in [0.25, 0.3) is 0 Å². The van der Waals surface area contributed by atoms with Crippen LogP contribution < -0.4 is 0 Å². The molecule has 0 aliphatic heterocycles. The molecule has 19 rings (SSSR count). The van der Waals surface area contributed by atoms with Crippen molar-refractivity contribution in [2.45, 2.75) is 38.5 Å². The zero-order valence-electron chi connectivity index (χ0n) is 51.9. The van der Waals surface area contributed by atoms with Gasteiger partial charge in [0.05, 0.1) is 33.1 Å². The average Bonchev–Trinajstić information content (AvgIpc) is 1.58. The third kappa shape index (κ3) is 7.98. The van der Waals surface area contributed by atoms with Crippen molar-refractivity contribution in [2.75, 3.05) is 0 Å². The molecular formula is C87H60N6. The van der Waals surface area contributed by atoms with Gasteiger partial charge in [0.1, 0.15) is 0 Å². The zero-order chi connectivity index (χ0) is 61.8. The van der Waals surface area contributed by atoms with Crippen molar-refractivity contribution in [3.8, 4) is 95.7 Å². The van der Waals surface area contributed by atoms with E-state index >= 15 is 0 Å². The fourth-order valence-corrected chi connectivity index (χ4v) is 15.9. The highest BCUT2D eigenvalue weighted by Crippen LogP contribution is 2.52. The Morgan fingerprint density at radius 1 is 0.226 bits per heavy atom. The van der Waals surface area contributed by atoms with Gasteiger partial charge in [0.2, 0.25) is 5.95 Å². The summed E-state index contributed by atoms with van der Waals surface area (Å²) in [5, 5.41) is 7.10. The highest BCUT2D eigenvalue weighted by molar-refractivity contribution is 6.15. The summed E-state index contributed by atoms with van der Waals surface area (Å²) in [7, 11) is 0. The van der Waals surface area contributed by atoms with Gasteiger partial charge in [0.15, 0.2) is 11.6 Å². The Labute approximate surface area is 538 Å². The molecule has 0 bridgehead atoms. The molecule has 0 spiro atoms. The van der Waals surface area contributed by atoms with Crippen LogP contribution in [0.1, 0.15) is 49.9 Å². The normalized spacial score (nSPS) is 13.5.